The first kappa shape index (κ1) is 13.5. The number of aromatic nitrogens is 2. The molecule has 0 aliphatic heterocycles. The molecule has 3 nitrogen and oxygen atoms in total. The first-order chi connectivity index (χ1) is 9.28. The molecule has 1 aliphatic carbocycles. The van der Waals surface area contributed by atoms with Gasteiger partial charge in [0.15, 0.2) is 10.0 Å². The van der Waals surface area contributed by atoms with Crippen molar-refractivity contribution in [2.24, 2.45) is 0 Å². The minimum absolute atomic E-state index is 0.477. The summed E-state index contributed by atoms with van der Waals surface area (Å²) in [5, 5.41) is 5.59. The molecule has 0 radical (unpaired) electrons. The highest BCUT2D eigenvalue weighted by Gasteiger charge is 2.25. The number of nitrogens with zero attached hydrogens (tertiary/aromatic N) is 2. The number of hydrogen-bond donors (Lipinski definition) is 1. The number of fused-ring (bicyclic) bond motifs is 1. The van der Waals surface area contributed by atoms with E-state index >= 15 is 0 Å². The summed E-state index contributed by atoms with van der Waals surface area (Å²) >= 11 is 9.24. The van der Waals surface area contributed by atoms with Gasteiger partial charge in [-0.3, -0.25) is 0 Å². The maximum absolute atomic E-state index is 5.95. The Balaban J connectivity index is 1.88. The highest BCUT2D eigenvalue weighted by Crippen LogP contribution is 2.39. The van der Waals surface area contributed by atoms with Gasteiger partial charge in [0.2, 0.25) is 0 Å². The molecule has 2 heterocycles. The molecule has 1 atom stereocenters. The Hall–Kier alpha value is -0.490. The number of hydrogen-bond acceptors (Lipinski definition) is 5. The van der Waals surface area contributed by atoms with Gasteiger partial charge in [0.25, 0.3) is 0 Å². The molecule has 0 spiro atoms. The van der Waals surface area contributed by atoms with E-state index in [4.69, 9.17) is 16.6 Å². The summed E-state index contributed by atoms with van der Waals surface area (Å²) in [6.07, 6.45) is 6.40. The molecule has 3 rings (SSSR count). The van der Waals surface area contributed by atoms with Crippen molar-refractivity contribution in [3.8, 4) is 10.0 Å². The van der Waals surface area contributed by atoms with E-state index in [9.17, 15) is 0 Å². The molecule has 2 aromatic rings. The highest BCUT2D eigenvalue weighted by molar-refractivity contribution is 7.23. The van der Waals surface area contributed by atoms with Crippen molar-refractivity contribution in [2.75, 3.05) is 6.54 Å². The molecule has 0 saturated carbocycles. The molecule has 102 valence electrons. The molecular formula is C13H16ClN3S2. The van der Waals surface area contributed by atoms with E-state index in [1.165, 1.54) is 41.2 Å². The molecule has 0 amide bonds. The van der Waals surface area contributed by atoms with Crippen LogP contribution in [-0.2, 0) is 6.42 Å². The topological polar surface area (TPSA) is 37.8 Å². The van der Waals surface area contributed by atoms with Crippen LogP contribution >= 0.6 is 34.3 Å². The van der Waals surface area contributed by atoms with Crippen molar-refractivity contribution in [1.82, 2.24) is 15.3 Å². The number of aryl methyl sites for hydroxylation is 1. The Labute approximate surface area is 126 Å². The Kier molecular flexibility index (Phi) is 4.17. The third kappa shape index (κ3) is 2.84. The van der Waals surface area contributed by atoms with E-state index in [0.717, 1.165) is 27.3 Å². The van der Waals surface area contributed by atoms with Gasteiger partial charge < -0.3 is 5.32 Å². The molecule has 2 aromatic heterocycles. The van der Waals surface area contributed by atoms with Crippen LogP contribution in [0.1, 0.15) is 42.8 Å². The predicted molar refractivity (Wildman–Crippen MR) is 82.2 cm³/mol. The lowest BCUT2D eigenvalue weighted by molar-refractivity contribution is 0.465. The smallest absolute Gasteiger partial charge is 0.153 e. The van der Waals surface area contributed by atoms with Crippen LogP contribution in [0.25, 0.3) is 10.0 Å². The van der Waals surface area contributed by atoms with Crippen LogP contribution in [-0.4, -0.2) is 16.5 Å². The Morgan fingerprint density at radius 2 is 2.32 bits per heavy atom. The van der Waals surface area contributed by atoms with E-state index in [-0.39, 0.29) is 0 Å². The third-order valence-corrected chi connectivity index (χ3v) is 5.72. The van der Waals surface area contributed by atoms with Crippen molar-refractivity contribution in [1.29, 1.82) is 0 Å². The zero-order chi connectivity index (χ0) is 13.2. The van der Waals surface area contributed by atoms with Crippen molar-refractivity contribution >= 4 is 34.3 Å². The number of halogens is 1. The Morgan fingerprint density at radius 3 is 3.05 bits per heavy atom. The lowest BCUT2D eigenvalue weighted by Gasteiger charge is -2.22. The van der Waals surface area contributed by atoms with Gasteiger partial charge in [0.1, 0.15) is 4.34 Å². The molecule has 19 heavy (non-hydrogen) atoms. The maximum Gasteiger partial charge on any atom is 0.153 e. The van der Waals surface area contributed by atoms with Gasteiger partial charge in [0.05, 0.1) is 11.9 Å². The summed E-state index contributed by atoms with van der Waals surface area (Å²) in [7, 11) is 0. The lowest BCUT2D eigenvalue weighted by atomic mass is 9.98. The van der Waals surface area contributed by atoms with Crippen LogP contribution in [0.3, 0.4) is 0 Å². The van der Waals surface area contributed by atoms with Crippen molar-refractivity contribution < 1.29 is 0 Å². The molecule has 0 saturated heterocycles. The fourth-order valence-corrected chi connectivity index (χ4v) is 4.54. The van der Waals surface area contributed by atoms with E-state index in [0.29, 0.717) is 6.04 Å². The Morgan fingerprint density at radius 1 is 1.42 bits per heavy atom. The van der Waals surface area contributed by atoms with Crippen LogP contribution < -0.4 is 5.32 Å². The summed E-state index contributed by atoms with van der Waals surface area (Å²) in [5.41, 5.74) is 1.26. The molecule has 0 aromatic carbocycles. The van der Waals surface area contributed by atoms with Crippen LogP contribution in [0.2, 0.25) is 4.34 Å². The van der Waals surface area contributed by atoms with Crippen LogP contribution in [0, 0.1) is 0 Å². The lowest BCUT2D eigenvalue weighted by Crippen LogP contribution is -2.24. The second kappa shape index (κ2) is 5.87. The first-order valence-corrected chi connectivity index (χ1v) is 8.63. The molecule has 1 N–H and O–H groups in total. The monoisotopic (exact) mass is 313 g/mol. The van der Waals surface area contributed by atoms with Gasteiger partial charge in [0, 0.05) is 10.9 Å². The quantitative estimate of drug-likeness (QED) is 0.914. The number of thiazole rings is 2. The van der Waals surface area contributed by atoms with Crippen LogP contribution in [0.15, 0.2) is 6.20 Å². The molecular weight excluding hydrogens is 298 g/mol. The Bertz CT molecular complexity index is 564. The fraction of sp³-hybridized carbons (Fsp3) is 0.538. The normalized spacial score (nSPS) is 18.5. The predicted octanol–water partition coefficient (Wildman–Crippen LogP) is 4.30. The molecule has 6 heteroatoms. The molecule has 1 unspecified atom stereocenters. The standard InChI is InChI=1S/C13H16ClN3S2/c1-2-6-15-8-4-3-5-9-11(8)19-13(17-9)12-16-7-10(14)18-12/h7-8,15H,2-6H2,1H3. The van der Waals surface area contributed by atoms with Crippen molar-refractivity contribution in [2.45, 2.75) is 38.6 Å². The van der Waals surface area contributed by atoms with Gasteiger partial charge in [-0.1, -0.05) is 29.9 Å². The summed E-state index contributed by atoms with van der Waals surface area (Å²) in [6, 6.07) is 0.477. The van der Waals surface area contributed by atoms with E-state index in [1.807, 2.05) is 0 Å². The van der Waals surface area contributed by atoms with E-state index in [1.54, 1.807) is 17.5 Å². The van der Waals surface area contributed by atoms with Gasteiger partial charge >= 0.3 is 0 Å². The van der Waals surface area contributed by atoms with Crippen molar-refractivity contribution in [3.63, 3.8) is 0 Å². The van der Waals surface area contributed by atoms with Gasteiger partial charge in [-0.15, -0.1) is 11.3 Å². The minimum Gasteiger partial charge on any atom is -0.309 e. The average molecular weight is 314 g/mol. The first-order valence-electron chi connectivity index (χ1n) is 6.62. The SMILES string of the molecule is CCCNC1CCCc2nc(-c3ncc(Cl)s3)sc21. The molecule has 0 fully saturated rings. The van der Waals surface area contributed by atoms with Gasteiger partial charge in [-0.25, -0.2) is 9.97 Å². The summed E-state index contributed by atoms with van der Waals surface area (Å²) in [4.78, 5) is 10.5. The third-order valence-electron chi connectivity index (χ3n) is 3.25. The highest BCUT2D eigenvalue weighted by atomic mass is 35.5. The fourth-order valence-electron chi connectivity index (χ4n) is 2.38. The van der Waals surface area contributed by atoms with Gasteiger partial charge in [-0.2, -0.15) is 0 Å². The maximum atomic E-state index is 5.95. The number of nitrogens with one attached hydrogen (secondary N) is 1. The summed E-state index contributed by atoms with van der Waals surface area (Å²) < 4.78 is 0.726. The van der Waals surface area contributed by atoms with E-state index in [2.05, 4.69) is 17.2 Å². The second-order valence-electron chi connectivity index (χ2n) is 4.70. The second-order valence-corrected chi connectivity index (χ2v) is 7.39. The van der Waals surface area contributed by atoms with E-state index < -0.39 is 0 Å². The van der Waals surface area contributed by atoms with Gasteiger partial charge in [-0.05, 0) is 32.2 Å². The largest absolute Gasteiger partial charge is 0.309 e. The minimum atomic E-state index is 0.477. The summed E-state index contributed by atoms with van der Waals surface area (Å²) in [5.74, 6) is 0. The molecule has 0 bridgehead atoms. The zero-order valence-electron chi connectivity index (χ0n) is 10.8. The number of rotatable bonds is 4. The van der Waals surface area contributed by atoms with Crippen molar-refractivity contribution in [3.05, 3.63) is 21.1 Å². The summed E-state index contributed by atoms with van der Waals surface area (Å²) in [6.45, 7) is 3.27. The van der Waals surface area contributed by atoms with Crippen LogP contribution in [0.4, 0.5) is 0 Å². The molecule has 1 aliphatic rings. The average Bonchev–Trinajstić information content (AvgIpc) is 3.02. The van der Waals surface area contributed by atoms with Crippen LogP contribution in [0.5, 0.6) is 0 Å². The zero-order valence-corrected chi connectivity index (χ0v) is 13.2.